The number of hydrogen-bond acceptors (Lipinski definition) is 3. The first-order chi connectivity index (χ1) is 11.9. The van der Waals surface area contributed by atoms with E-state index in [2.05, 4.69) is 0 Å². The topological polar surface area (TPSA) is 31.6 Å². The second-order valence-corrected chi connectivity index (χ2v) is 5.31. The summed E-state index contributed by atoms with van der Waals surface area (Å²) in [5.74, 6) is 2.25. The molecule has 0 bridgehead atoms. The number of furan rings is 1. The molecular formula is C19H15F3O3. The maximum atomic E-state index is 12.7. The third kappa shape index (κ3) is 3.47. The van der Waals surface area contributed by atoms with Crippen molar-refractivity contribution in [1.82, 2.24) is 0 Å². The monoisotopic (exact) mass is 348 g/mol. The van der Waals surface area contributed by atoms with Crippen LogP contribution in [0.25, 0.3) is 22.6 Å². The second kappa shape index (κ2) is 6.55. The smallest absolute Gasteiger partial charge is 0.416 e. The van der Waals surface area contributed by atoms with E-state index in [1.165, 1.54) is 12.1 Å². The van der Waals surface area contributed by atoms with Gasteiger partial charge in [-0.3, -0.25) is 0 Å². The average molecular weight is 348 g/mol. The third-order valence-corrected chi connectivity index (χ3v) is 3.77. The van der Waals surface area contributed by atoms with Gasteiger partial charge in [-0.1, -0.05) is 12.1 Å². The lowest BCUT2D eigenvalue weighted by atomic mass is 10.1. The van der Waals surface area contributed by atoms with E-state index >= 15 is 0 Å². The Bertz CT molecular complexity index is 864. The highest BCUT2D eigenvalue weighted by atomic mass is 19.4. The van der Waals surface area contributed by atoms with Gasteiger partial charge in [0.25, 0.3) is 0 Å². The molecule has 0 aliphatic heterocycles. The SMILES string of the molecule is COc1ccc(OC)c(-c2ccc(-c3ccc(C(F)(F)F)cc3)o2)c1. The molecule has 3 nitrogen and oxygen atoms in total. The van der Waals surface area contributed by atoms with Gasteiger partial charge in [0.1, 0.15) is 23.0 Å². The molecular weight excluding hydrogens is 333 g/mol. The van der Waals surface area contributed by atoms with E-state index in [4.69, 9.17) is 13.9 Å². The highest BCUT2D eigenvalue weighted by Gasteiger charge is 2.30. The quantitative estimate of drug-likeness (QED) is 0.611. The molecule has 0 aliphatic carbocycles. The van der Waals surface area contributed by atoms with Gasteiger partial charge in [0.15, 0.2) is 0 Å². The van der Waals surface area contributed by atoms with Gasteiger partial charge >= 0.3 is 6.18 Å². The fraction of sp³-hybridized carbons (Fsp3) is 0.158. The van der Waals surface area contributed by atoms with Crippen molar-refractivity contribution in [3.8, 4) is 34.1 Å². The van der Waals surface area contributed by atoms with Crippen molar-refractivity contribution in [3.05, 3.63) is 60.2 Å². The van der Waals surface area contributed by atoms with Crippen molar-refractivity contribution >= 4 is 0 Å². The largest absolute Gasteiger partial charge is 0.497 e. The summed E-state index contributed by atoms with van der Waals surface area (Å²) in [6.07, 6.45) is -4.36. The van der Waals surface area contributed by atoms with Crippen LogP contribution in [0.1, 0.15) is 5.56 Å². The van der Waals surface area contributed by atoms with Crippen LogP contribution < -0.4 is 9.47 Å². The van der Waals surface area contributed by atoms with E-state index in [0.717, 1.165) is 12.1 Å². The lowest BCUT2D eigenvalue weighted by Gasteiger charge is -2.08. The number of hydrogen-bond donors (Lipinski definition) is 0. The van der Waals surface area contributed by atoms with Gasteiger partial charge in [-0.25, -0.2) is 0 Å². The minimum absolute atomic E-state index is 0.466. The average Bonchev–Trinajstić information content (AvgIpc) is 3.10. The molecule has 0 aliphatic rings. The van der Waals surface area contributed by atoms with Gasteiger partial charge in [0, 0.05) is 5.56 Å². The van der Waals surface area contributed by atoms with Crippen molar-refractivity contribution in [2.45, 2.75) is 6.18 Å². The van der Waals surface area contributed by atoms with Crippen LogP contribution in [0.3, 0.4) is 0 Å². The van der Waals surface area contributed by atoms with E-state index in [1.807, 2.05) is 0 Å². The molecule has 0 saturated heterocycles. The molecule has 1 heterocycles. The van der Waals surface area contributed by atoms with E-state index in [1.54, 1.807) is 44.6 Å². The number of alkyl halides is 3. The summed E-state index contributed by atoms with van der Waals surface area (Å²) in [6, 6.07) is 13.6. The van der Waals surface area contributed by atoms with Gasteiger partial charge in [-0.05, 0) is 42.5 Å². The Labute approximate surface area is 142 Å². The van der Waals surface area contributed by atoms with Gasteiger partial charge < -0.3 is 13.9 Å². The molecule has 1 aromatic heterocycles. The molecule has 0 atom stereocenters. The lowest BCUT2D eigenvalue weighted by Crippen LogP contribution is -2.03. The molecule has 3 rings (SSSR count). The molecule has 0 unspecified atom stereocenters. The predicted molar refractivity (Wildman–Crippen MR) is 87.7 cm³/mol. The Kier molecular flexibility index (Phi) is 4.44. The number of benzene rings is 2. The first-order valence-corrected chi connectivity index (χ1v) is 7.42. The molecule has 0 fully saturated rings. The maximum Gasteiger partial charge on any atom is 0.416 e. The summed E-state index contributed by atoms with van der Waals surface area (Å²) in [6.45, 7) is 0. The van der Waals surface area contributed by atoms with Crippen LogP contribution in [0.15, 0.2) is 59.0 Å². The summed E-state index contributed by atoms with van der Waals surface area (Å²) in [7, 11) is 3.10. The summed E-state index contributed by atoms with van der Waals surface area (Å²) < 4.78 is 54.3. The zero-order valence-electron chi connectivity index (χ0n) is 13.6. The van der Waals surface area contributed by atoms with Crippen molar-refractivity contribution in [2.75, 3.05) is 14.2 Å². The van der Waals surface area contributed by atoms with E-state index in [0.29, 0.717) is 34.1 Å². The van der Waals surface area contributed by atoms with Crippen LogP contribution in [-0.4, -0.2) is 14.2 Å². The zero-order chi connectivity index (χ0) is 18.0. The Morgan fingerprint density at radius 2 is 1.48 bits per heavy atom. The summed E-state index contributed by atoms with van der Waals surface area (Å²) in [5, 5.41) is 0. The lowest BCUT2D eigenvalue weighted by molar-refractivity contribution is -0.137. The Morgan fingerprint density at radius 3 is 2.08 bits per heavy atom. The molecule has 25 heavy (non-hydrogen) atoms. The first-order valence-electron chi connectivity index (χ1n) is 7.42. The summed E-state index contributed by atoms with van der Waals surface area (Å²) in [5.41, 5.74) is 0.554. The van der Waals surface area contributed by atoms with Crippen molar-refractivity contribution in [1.29, 1.82) is 0 Å². The standard InChI is InChI=1S/C19H15F3O3/c1-23-14-7-8-17(24-2)15(11-14)18-10-9-16(25-18)12-3-5-13(6-4-12)19(20,21)22/h3-11H,1-2H3. The molecule has 0 amide bonds. The van der Waals surface area contributed by atoms with E-state index in [-0.39, 0.29) is 0 Å². The number of rotatable bonds is 4. The van der Waals surface area contributed by atoms with Crippen molar-refractivity contribution < 1.29 is 27.1 Å². The Morgan fingerprint density at radius 1 is 0.800 bits per heavy atom. The normalized spacial score (nSPS) is 11.4. The molecule has 3 aromatic rings. The minimum atomic E-state index is -4.36. The van der Waals surface area contributed by atoms with Crippen LogP contribution in [-0.2, 0) is 6.18 Å². The maximum absolute atomic E-state index is 12.7. The van der Waals surface area contributed by atoms with Crippen LogP contribution >= 0.6 is 0 Å². The fourth-order valence-corrected chi connectivity index (χ4v) is 2.47. The molecule has 0 N–H and O–H groups in total. The van der Waals surface area contributed by atoms with Crippen LogP contribution in [0.5, 0.6) is 11.5 Å². The van der Waals surface area contributed by atoms with Gasteiger partial charge in [0.05, 0.1) is 25.3 Å². The van der Waals surface area contributed by atoms with E-state index < -0.39 is 11.7 Å². The van der Waals surface area contributed by atoms with Gasteiger partial charge in [0.2, 0.25) is 0 Å². The van der Waals surface area contributed by atoms with E-state index in [9.17, 15) is 13.2 Å². The highest BCUT2D eigenvalue weighted by molar-refractivity contribution is 5.71. The molecule has 130 valence electrons. The Balaban J connectivity index is 1.95. The Hall–Kier alpha value is -2.89. The van der Waals surface area contributed by atoms with Crippen LogP contribution in [0, 0.1) is 0 Å². The molecule has 2 aromatic carbocycles. The fourth-order valence-electron chi connectivity index (χ4n) is 2.47. The van der Waals surface area contributed by atoms with Crippen molar-refractivity contribution in [2.24, 2.45) is 0 Å². The van der Waals surface area contributed by atoms with Gasteiger partial charge in [-0.2, -0.15) is 13.2 Å². The molecule has 0 spiro atoms. The number of halogens is 3. The van der Waals surface area contributed by atoms with Crippen molar-refractivity contribution in [3.63, 3.8) is 0 Å². The molecule has 0 radical (unpaired) electrons. The number of ether oxygens (including phenoxy) is 2. The zero-order valence-corrected chi connectivity index (χ0v) is 13.6. The molecule has 6 heteroatoms. The minimum Gasteiger partial charge on any atom is -0.497 e. The third-order valence-electron chi connectivity index (χ3n) is 3.77. The first kappa shape index (κ1) is 17.0. The highest BCUT2D eigenvalue weighted by Crippen LogP contribution is 2.37. The second-order valence-electron chi connectivity index (χ2n) is 5.31. The number of methoxy groups -OCH3 is 2. The predicted octanol–water partition coefficient (Wildman–Crippen LogP) is 5.65. The summed E-state index contributed by atoms with van der Waals surface area (Å²) >= 11 is 0. The van der Waals surface area contributed by atoms with Crippen LogP contribution in [0.2, 0.25) is 0 Å². The van der Waals surface area contributed by atoms with Crippen LogP contribution in [0.4, 0.5) is 13.2 Å². The summed E-state index contributed by atoms with van der Waals surface area (Å²) in [4.78, 5) is 0. The van der Waals surface area contributed by atoms with Gasteiger partial charge in [-0.15, -0.1) is 0 Å². The molecule has 0 saturated carbocycles.